The van der Waals surface area contributed by atoms with Gasteiger partial charge in [-0.25, -0.2) is 0 Å². The van der Waals surface area contributed by atoms with Crippen LogP contribution in [0.1, 0.15) is 44.8 Å². The number of likely N-dealkylation sites (N-methyl/N-ethyl adjacent to an activating group) is 1. The summed E-state index contributed by atoms with van der Waals surface area (Å²) in [5.41, 5.74) is 12.9. The van der Waals surface area contributed by atoms with Gasteiger partial charge in [0.2, 0.25) is 0 Å². The third-order valence-corrected chi connectivity index (χ3v) is 7.24. The minimum Gasteiger partial charge on any atom is -0.479 e. The Morgan fingerprint density at radius 2 is 2.10 bits per heavy atom. The van der Waals surface area contributed by atoms with Gasteiger partial charge in [-0.05, 0) is 66.8 Å². The molecule has 2 bridgehead atoms. The molecule has 4 heterocycles. The molecule has 11 heteroatoms. The first kappa shape index (κ1) is 28.3. The van der Waals surface area contributed by atoms with E-state index in [-0.39, 0.29) is 30.7 Å². The van der Waals surface area contributed by atoms with Crippen molar-refractivity contribution >= 4 is 22.7 Å². The van der Waals surface area contributed by atoms with Crippen molar-refractivity contribution < 1.29 is 19.3 Å². The number of fused-ring (bicyclic) bond motifs is 3. The van der Waals surface area contributed by atoms with Crippen LogP contribution in [-0.4, -0.2) is 81.0 Å². The zero-order chi connectivity index (χ0) is 28.4. The second-order valence-corrected chi connectivity index (χ2v) is 10.2. The van der Waals surface area contributed by atoms with Gasteiger partial charge in [-0.1, -0.05) is 4.68 Å². The van der Waals surface area contributed by atoms with Gasteiger partial charge in [0.1, 0.15) is 17.2 Å². The number of nitrogens with zero attached hydrogens (tertiary/aromatic N) is 5. The summed E-state index contributed by atoms with van der Waals surface area (Å²) in [5, 5.41) is 21.8. The Hall–Kier alpha value is -3.70. The van der Waals surface area contributed by atoms with Crippen molar-refractivity contribution in [3.05, 3.63) is 40.7 Å². The van der Waals surface area contributed by atoms with Crippen molar-refractivity contribution in [3.63, 3.8) is 0 Å². The maximum absolute atomic E-state index is 9.80. The van der Waals surface area contributed by atoms with Crippen LogP contribution in [0.4, 0.5) is 0 Å². The van der Waals surface area contributed by atoms with Crippen LogP contribution in [0.15, 0.2) is 28.6 Å². The van der Waals surface area contributed by atoms with Crippen LogP contribution in [0.2, 0.25) is 0 Å². The lowest BCUT2D eigenvalue weighted by molar-refractivity contribution is -0.731. The van der Waals surface area contributed by atoms with Crippen LogP contribution < -0.4 is 15.2 Å². The zero-order valence-corrected chi connectivity index (χ0v) is 24.2. The molecular weight excluding hydrogens is 496 g/mol. The summed E-state index contributed by atoms with van der Waals surface area (Å²) in [6.07, 6.45) is 3.66. The van der Waals surface area contributed by atoms with Gasteiger partial charge in [-0.15, -0.1) is 0 Å². The van der Waals surface area contributed by atoms with E-state index in [4.69, 9.17) is 25.2 Å². The quantitative estimate of drug-likeness (QED) is 0.296. The fourth-order valence-electron chi connectivity index (χ4n) is 4.81. The molecule has 0 aromatic carbocycles. The number of allylic oxidation sites excluding steroid dienone is 1. The van der Waals surface area contributed by atoms with Gasteiger partial charge in [-0.2, -0.15) is 10.2 Å². The lowest BCUT2D eigenvalue weighted by Gasteiger charge is -2.30. The molecule has 5 N–H and O–H groups in total. The molecule has 210 valence electrons. The summed E-state index contributed by atoms with van der Waals surface area (Å²) in [6.45, 7) is 12.7. The number of ether oxygens (including phenoxy) is 2. The molecule has 0 radical (unpaired) electrons. The monoisotopic (exact) mass is 537 g/mol. The van der Waals surface area contributed by atoms with Crippen LogP contribution in [0.25, 0.3) is 28.2 Å². The summed E-state index contributed by atoms with van der Waals surface area (Å²) in [6, 6.07) is 1.72. The number of aliphatic hydroxyl groups is 1. The van der Waals surface area contributed by atoms with Crippen molar-refractivity contribution in [1.29, 1.82) is 0 Å². The maximum Gasteiger partial charge on any atom is 0.403 e. The summed E-state index contributed by atoms with van der Waals surface area (Å²) < 4.78 is 14.3. The number of aryl methyl sites for hydroxylation is 3. The highest BCUT2D eigenvalue weighted by atomic mass is 16.5. The van der Waals surface area contributed by atoms with Crippen molar-refractivity contribution in [1.82, 2.24) is 25.2 Å². The van der Waals surface area contributed by atoms with E-state index < -0.39 is 0 Å². The van der Waals surface area contributed by atoms with Gasteiger partial charge in [0.25, 0.3) is 0 Å². The molecule has 0 saturated heterocycles. The SMILES string of the molecule is CCO/C(N)=C1\C=C\c2[nH]nc3c(C)nc(cc23)-c2c(C)[nH][n+](C)c2O[C@H](C)[C@@H](C)N(C)CC1=N[C@@H](C)CO. The minimum atomic E-state index is -0.314. The molecule has 11 nitrogen and oxygen atoms in total. The second kappa shape index (κ2) is 11.6. The van der Waals surface area contributed by atoms with E-state index in [9.17, 15) is 5.11 Å². The standard InChI is InChI=1S/C28H40N8O3/c1-9-38-27(29)20-10-11-22-21-12-23(31-17(4)26(21)33-32-22)25-16(3)34-36(8)28(25)39-19(6)18(5)35(7)13-24(20)30-15(2)14-37/h10-12,15,18-19,37H,9,13-14H2,1-8H3,(H3,29,30,31,32,33)/p+1/t15-,18+,19+/m0/s1. The third kappa shape index (κ3) is 5.69. The van der Waals surface area contributed by atoms with Gasteiger partial charge in [0, 0.05) is 18.0 Å². The number of aliphatic imine (C=N–C) groups is 1. The number of hydrogen-bond acceptors (Lipinski definition) is 8. The Kier molecular flexibility index (Phi) is 8.41. The van der Waals surface area contributed by atoms with E-state index in [0.717, 1.165) is 39.2 Å². The van der Waals surface area contributed by atoms with Crippen molar-refractivity contribution in [2.75, 3.05) is 26.8 Å². The molecule has 0 amide bonds. The van der Waals surface area contributed by atoms with Gasteiger partial charge >= 0.3 is 5.88 Å². The Morgan fingerprint density at radius 1 is 1.36 bits per heavy atom. The zero-order valence-electron chi connectivity index (χ0n) is 24.2. The van der Waals surface area contributed by atoms with Crippen molar-refractivity contribution in [2.45, 2.75) is 59.7 Å². The number of H-pyrrole nitrogens is 2. The average Bonchev–Trinajstić information content (AvgIpc) is 3.42. The molecule has 0 unspecified atom stereocenters. The first-order valence-electron chi connectivity index (χ1n) is 13.4. The molecule has 3 aromatic rings. The lowest BCUT2D eigenvalue weighted by Crippen LogP contribution is -2.45. The highest BCUT2D eigenvalue weighted by molar-refractivity contribution is 6.05. The topological polar surface area (TPSA) is 142 Å². The molecule has 3 atom stereocenters. The minimum absolute atomic E-state index is 0.000436. The molecule has 0 saturated carbocycles. The summed E-state index contributed by atoms with van der Waals surface area (Å²) in [4.78, 5) is 11.9. The normalized spacial score (nSPS) is 22.7. The number of pyridine rings is 1. The highest BCUT2D eigenvalue weighted by Gasteiger charge is 2.31. The molecule has 0 fully saturated rings. The molecule has 1 aliphatic rings. The smallest absolute Gasteiger partial charge is 0.403 e. The van der Waals surface area contributed by atoms with Gasteiger partial charge in [-0.3, -0.25) is 20.0 Å². The summed E-state index contributed by atoms with van der Waals surface area (Å²) in [5.74, 6) is 0.985. The highest BCUT2D eigenvalue weighted by Crippen LogP contribution is 2.33. The number of nitrogens with one attached hydrogen (secondary N) is 2. The summed E-state index contributed by atoms with van der Waals surface area (Å²) in [7, 11) is 3.96. The van der Waals surface area contributed by atoms with Crippen LogP contribution in [0, 0.1) is 13.8 Å². The van der Waals surface area contributed by atoms with Crippen LogP contribution in [0.3, 0.4) is 0 Å². The molecule has 1 aliphatic heterocycles. The second-order valence-electron chi connectivity index (χ2n) is 10.2. The number of rotatable bonds is 4. The Bertz CT molecular complexity index is 1430. The van der Waals surface area contributed by atoms with Crippen LogP contribution in [-0.2, 0) is 11.8 Å². The average molecular weight is 538 g/mol. The number of nitrogens with two attached hydrogens (primary N) is 1. The van der Waals surface area contributed by atoms with E-state index in [1.54, 1.807) is 0 Å². The number of aromatic nitrogens is 5. The molecule has 0 aliphatic carbocycles. The van der Waals surface area contributed by atoms with Gasteiger partial charge in [0.15, 0.2) is 12.9 Å². The first-order chi connectivity index (χ1) is 18.5. The van der Waals surface area contributed by atoms with Gasteiger partial charge in [0.05, 0.1) is 53.3 Å². The van der Waals surface area contributed by atoms with E-state index in [1.807, 2.05) is 64.7 Å². The number of hydrogen-bond donors (Lipinski definition) is 4. The van der Waals surface area contributed by atoms with E-state index in [2.05, 4.69) is 34.0 Å². The third-order valence-electron chi connectivity index (χ3n) is 7.24. The van der Waals surface area contributed by atoms with E-state index in [1.165, 1.54) is 0 Å². The van der Waals surface area contributed by atoms with E-state index in [0.29, 0.717) is 30.3 Å². The molecule has 3 aromatic heterocycles. The Labute approximate surface area is 229 Å². The number of aliphatic hydroxyl groups excluding tert-OH is 1. The Morgan fingerprint density at radius 3 is 2.79 bits per heavy atom. The predicted octanol–water partition coefficient (Wildman–Crippen LogP) is 2.54. The lowest BCUT2D eigenvalue weighted by atomic mass is 10.1. The van der Waals surface area contributed by atoms with Crippen LogP contribution in [0.5, 0.6) is 5.88 Å². The van der Waals surface area contributed by atoms with Crippen LogP contribution >= 0.6 is 0 Å². The fourth-order valence-corrected chi connectivity index (χ4v) is 4.81. The number of aromatic amines is 2. The molecule has 0 spiro atoms. The molecule has 4 rings (SSSR count). The maximum atomic E-state index is 9.80. The van der Waals surface area contributed by atoms with Gasteiger partial charge < -0.3 is 20.3 Å². The van der Waals surface area contributed by atoms with Crippen molar-refractivity contribution in [3.8, 4) is 17.1 Å². The fraction of sp³-hybridized carbons (Fsp3) is 0.500. The van der Waals surface area contributed by atoms with E-state index >= 15 is 0 Å². The molecule has 39 heavy (non-hydrogen) atoms. The Balaban J connectivity index is 2.00. The summed E-state index contributed by atoms with van der Waals surface area (Å²) >= 11 is 0. The molecular formula is C28H41N8O3+. The predicted molar refractivity (Wildman–Crippen MR) is 152 cm³/mol. The largest absolute Gasteiger partial charge is 0.479 e. The first-order valence-corrected chi connectivity index (χ1v) is 13.4. The van der Waals surface area contributed by atoms with Crippen molar-refractivity contribution in [2.24, 2.45) is 17.8 Å².